The van der Waals surface area contributed by atoms with Crippen LogP contribution in [0.3, 0.4) is 0 Å². The minimum Gasteiger partial charge on any atom is -0.315 e. The Morgan fingerprint density at radius 3 is 2.14 bits per heavy atom. The van der Waals surface area contributed by atoms with Crippen LogP contribution in [0.5, 0.6) is 0 Å². The van der Waals surface area contributed by atoms with Gasteiger partial charge in [-0.05, 0) is 32.5 Å². The first-order valence-corrected chi connectivity index (χ1v) is 6.28. The molecule has 1 N–H and O–H groups in total. The van der Waals surface area contributed by atoms with Gasteiger partial charge in [0.05, 0.1) is 0 Å². The van der Waals surface area contributed by atoms with Crippen molar-refractivity contribution in [1.82, 2.24) is 10.2 Å². The van der Waals surface area contributed by atoms with Crippen molar-refractivity contribution in [3.8, 4) is 0 Å². The Hall–Kier alpha value is -0.0800. The van der Waals surface area contributed by atoms with Gasteiger partial charge in [-0.25, -0.2) is 0 Å². The molecule has 0 fully saturated rings. The molecular formula is C12H28N2. The summed E-state index contributed by atoms with van der Waals surface area (Å²) in [4.78, 5) is 2.53. The number of nitrogens with zero attached hydrogens (tertiary/aromatic N) is 1. The third-order valence-electron chi connectivity index (χ3n) is 2.59. The fourth-order valence-electron chi connectivity index (χ4n) is 1.47. The van der Waals surface area contributed by atoms with Gasteiger partial charge in [0.1, 0.15) is 0 Å². The minimum absolute atomic E-state index is 1.15. The van der Waals surface area contributed by atoms with Crippen LogP contribution in [0.4, 0.5) is 0 Å². The average Bonchev–Trinajstić information content (AvgIpc) is 2.22. The molecule has 0 unspecified atom stereocenters. The van der Waals surface area contributed by atoms with E-state index < -0.39 is 0 Å². The first-order chi connectivity index (χ1) is 6.85. The monoisotopic (exact) mass is 200 g/mol. The van der Waals surface area contributed by atoms with Gasteiger partial charge in [-0.15, -0.1) is 0 Å². The second kappa shape index (κ2) is 11.0. The molecule has 0 bridgehead atoms. The highest BCUT2D eigenvalue weighted by Crippen LogP contribution is 1.93. The lowest BCUT2D eigenvalue weighted by atomic mass is 10.3. The molecule has 0 aliphatic heterocycles. The summed E-state index contributed by atoms with van der Waals surface area (Å²) in [5.74, 6) is 0. The third kappa shape index (κ3) is 8.52. The molecule has 0 aliphatic carbocycles. The van der Waals surface area contributed by atoms with Crippen LogP contribution in [0.15, 0.2) is 0 Å². The number of likely N-dealkylation sites (N-methyl/N-ethyl adjacent to an activating group) is 1. The third-order valence-corrected chi connectivity index (χ3v) is 2.59. The van der Waals surface area contributed by atoms with E-state index in [1.807, 2.05) is 0 Å². The number of hydrogen-bond acceptors (Lipinski definition) is 2. The summed E-state index contributed by atoms with van der Waals surface area (Å²) in [7, 11) is 0. The summed E-state index contributed by atoms with van der Waals surface area (Å²) < 4.78 is 0. The van der Waals surface area contributed by atoms with Gasteiger partial charge < -0.3 is 10.2 Å². The van der Waals surface area contributed by atoms with Gasteiger partial charge in [0.15, 0.2) is 0 Å². The highest BCUT2D eigenvalue weighted by Gasteiger charge is 1.99. The fraction of sp³-hybridized carbons (Fsp3) is 1.00. The van der Waals surface area contributed by atoms with Crippen molar-refractivity contribution in [2.45, 2.75) is 46.5 Å². The average molecular weight is 200 g/mol. The van der Waals surface area contributed by atoms with E-state index in [0.29, 0.717) is 0 Å². The smallest absolute Gasteiger partial charge is 0.0107 e. The largest absolute Gasteiger partial charge is 0.315 e. The highest BCUT2D eigenvalue weighted by molar-refractivity contribution is 4.57. The number of rotatable bonds is 10. The van der Waals surface area contributed by atoms with Gasteiger partial charge in [0.2, 0.25) is 0 Å². The summed E-state index contributed by atoms with van der Waals surface area (Å²) >= 11 is 0. The number of nitrogens with one attached hydrogen (secondary N) is 1. The van der Waals surface area contributed by atoms with E-state index in [-0.39, 0.29) is 0 Å². The normalized spacial score (nSPS) is 11.1. The molecule has 0 spiro atoms. The molecule has 0 aromatic heterocycles. The van der Waals surface area contributed by atoms with Gasteiger partial charge in [0, 0.05) is 13.1 Å². The molecule has 0 amide bonds. The Morgan fingerprint density at radius 1 is 0.857 bits per heavy atom. The van der Waals surface area contributed by atoms with Crippen molar-refractivity contribution in [3.63, 3.8) is 0 Å². The second-order valence-corrected chi connectivity index (χ2v) is 3.89. The van der Waals surface area contributed by atoms with E-state index in [1.54, 1.807) is 0 Å². The van der Waals surface area contributed by atoms with E-state index in [0.717, 1.165) is 6.54 Å². The van der Waals surface area contributed by atoms with E-state index in [2.05, 4.69) is 31.0 Å². The zero-order valence-corrected chi connectivity index (χ0v) is 10.3. The molecule has 0 saturated carbocycles. The highest BCUT2D eigenvalue weighted by atomic mass is 15.1. The Balaban J connectivity index is 3.24. The Labute approximate surface area is 90.1 Å². The molecule has 0 heterocycles. The first-order valence-electron chi connectivity index (χ1n) is 6.28. The Kier molecular flexibility index (Phi) is 10.9. The summed E-state index contributed by atoms with van der Waals surface area (Å²) in [6.07, 6.45) is 5.24. The van der Waals surface area contributed by atoms with Crippen molar-refractivity contribution in [3.05, 3.63) is 0 Å². The first kappa shape index (κ1) is 13.9. The summed E-state index contributed by atoms with van der Waals surface area (Å²) in [5.41, 5.74) is 0. The Bertz CT molecular complexity index is 104. The van der Waals surface area contributed by atoms with Crippen LogP contribution in [0.1, 0.15) is 46.5 Å². The van der Waals surface area contributed by atoms with Crippen LogP contribution in [0.25, 0.3) is 0 Å². The van der Waals surface area contributed by atoms with Crippen LogP contribution in [0.2, 0.25) is 0 Å². The van der Waals surface area contributed by atoms with Gasteiger partial charge in [-0.3, -0.25) is 0 Å². The standard InChI is InChI=1S/C12H28N2/c1-4-7-9-13-10-12-14(6-3)11-8-5-2/h13H,4-12H2,1-3H3. The maximum Gasteiger partial charge on any atom is 0.0107 e. The molecule has 0 aliphatic rings. The van der Waals surface area contributed by atoms with Crippen LogP contribution in [0, 0.1) is 0 Å². The lowest BCUT2D eigenvalue weighted by molar-refractivity contribution is 0.282. The van der Waals surface area contributed by atoms with Gasteiger partial charge in [-0.1, -0.05) is 33.6 Å². The molecule has 14 heavy (non-hydrogen) atoms. The van der Waals surface area contributed by atoms with Crippen molar-refractivity contribution in [1.29, 1.82) is 0 Å². The predicted octanol–water partition coefficient (Wildman–Crippen LogP) is 2.50. The number of hydrogen-bond donors (Lipinski definition) is 1. The maximum atomic E-state index is 3.49. The Morgan fingerprint density at radius 2 is 1.57 bits per heavy atom. The minimum atomic E-state index is 1.15. The SMILES string of the molecule is CCCCNCCN(CC)CCCC. The lowest BCUT2D eigenvalue weighted by Crippen LogP contribution is -2.33. The van der Waals surface area contributed by atoms with Gasteiger partial charge in [0.25, 0.3) is 0 Å². The van der Waals surface area contributed by atoms with E-state index >= 15 is 0 Å². The number of unbranched alkanes of at least 4 members (excludes halogenated alkanes) is 2. The van der Waals surface area contributed by atoms with Crippen molar-refractivity contribution in [2.24, 2.45) is 0 Å². The van der Waals surface area contributed by atoms with Crippen molar-refractivity contribution in [2.75, 3.05) is 32.7 Å². The van der Waals surface area contributed by atoms with Crippen molar-refractivity contribution >= 4 is 0 Å². The van der Waals surface area contributed by atoms with Gasteiger partial charge in [-0.2, -0.15) is 0 Å². The van der Waals surface area contributed by atoms with Crippen LogP contribution in [-0.2, 0) is 0 Å². The maximum absolute atomic E-state index is 3.49. The zero-order valence-electron chi connectivity index (χ0n) is 10.3. The molecule has 2 nitrogen and oxygen atoms in total. The van der Waals surface area contributed by atoms with Crippen LogP contribution >= 0.6 is 0 Å². The van der Waals surface area contributed by atoms with E-state index in [1.165, 1.54) is 51.9 Å². The second-order valence-electron chi connectivity index (χ2n) is 3.89. The summed E-state index contributed by atoms with van der Waals surface area (Å²) in [5, 5.41) is 3.49. The van der Waals surface area contributed by atoms with Crippen LogP contribution < -0.4 is 5.32 Å². The van der Waals surface area contributed by atoms with E-state index in [4.69, 9.17) is 0 Å². The molecule has 0 atom stereocenters. The molecule has 0 rings (SSSR count). The predicted molar refractivity (Wildman–Crippen MR) is 64.8 cm³/mol. The van der Waals surface area contributed by atoms with Crippen LogP contribution in [-0.4, -0.2) is 37.6 Å². The molecule has 0 aromatic rings. The molecule has 0 saturated heterocycles. The molecular weight excluding hydrogens is 172 g/mol. The summed E-state index contributed by atoms with van der Waals surface area (Å²) in [6.45, 7) is 12.7. The van der Waals surface area contributed by atoms with E-state index in [9.17, 15) is 0 Å². The molecule has 2 heteroatoms. The quantitative estimate of drug-likeness (QED) is 0.545. The topological polar surface area (TPSA) is 15.3 Å². The molecule has 0 radical (unpaired) electrons. The molecule has 0 aromatic carbocycles. The summed E-state index contributed by atoms with van der Waals surface area (Å²) in [6, 6.07) is 0. The fourth-order valence-corrected chi connectivity index (χ4v) is 1.47. The van der Waals surface area contributed by atoms with Crippen molar-refractivity contribution < 1.29 is 0 Å². The van der Waals surface area contributed by atoms with Gasteiger partial charge >= 0.3 is 0 Å². The lowest BCUT2D eigenvalue weighted by Gasteiger charge is -2.20. The zero-order chi connectivity index (χ0) is 10.6. The molecule has 86 valence electrons.